The van der Waals surface area contributed by atoms with E-state index in [1.54, 1.807) is 0 Å². The highest BCUT2D eigenvalue weighted by molar-refractivity contribution is 4.98. The van der Waals surface area contributed by atoms with Gasteiger partial charge in [0.1, 0.15) is 0 Å². The Balaban J connectivity index is 1.42. The lowest BCUT2D eigenvalue weighted by atomic mass is 9.94. The second-order valence-corrected chi connectivity index (χ2v) is 4.98. The van der Waals surface area contributed by atoms with Gasteiger partial charge in [-0.15, -0.1) is 0 Å². The van der Waals surface area contributed by atoms with Gasteiger partial charge in [-0.3, -0.25) is 9.80 Å². The quantitative estimate of drug-likeness (QED) is 0.625. The molecule has 0 saturated carbocycles. The van der Waals surface area contributed by atoms with Crippen LogP contribution in [-0.4, -0.2) is 61.2 Å². The van der Waals surface area contributed by atoms with E-state index in [0.29, 0.717) is 0 Å². The van der Waals surface area contributed by atoms with Gasteiger partial charge >= 0.3 is 0 Å². The first-order valence-corrected chi connectivity index (χ1v) is 5.52. The fourth-order valence-corrected chi connectivity index (χ4v) is 2.59. The summed E-state index contributed by atoms with van der Waals surface area (Å²) in [6.45, 7) is 10.2. The van der Waals surface area contributed by atoms with E-state index >= 15 is 0 Å². The van der Waals surface area contributed by atoms with Gasteiger partial charge in [-0.1, -0.05) is 6.92 Å². The van der Waals surface area contributed by atoms with E-state index in [4.69, 9.17) is 0 Å². The van der Waals surface area contributed by atoms with E-state index in [9.17, 15) is 0 Å². The molecular weight excluding hydrogens is 162 g/mol. The molecule has 3 nitrogen and oxygen atoms in total. The SMILES string of the molecule is CC1CN(C2CN(C3CNC3)C2)C1. The predicted octanol–water partition coefficient (Wildman–Crippen LogP) is -0.406. The van der Waals surface area contributed by atoms with Gasteiger partial charge in [0.05, 0.1) is 0 Å². The Kier molecular flexibility index (Phi) is 1.86. The van der Waals surface area contributed by atoms with Crippen LogP contribution in [0.1, 0.15) is 6.92 Å². The maximum Gasteiger partial charge on any atom is 0.0350 e. The van der Waals surface area contributed by atoms with Crippen LogP contribution < -0.4 is 5.32 Å². The highest BCUT2D eigenvalue weighted by Crippen LogP contribution is 2.25. The molecule has 0 aliphatic carbocycles. The first-order valence-electron chi connectivity index (χ1n) is 5.52. The number of nitrogens with zero attached hydrogens (tertiary/aromatic N) is 2. The molecule has 3 saturated heterocycles. The summed E-state index contributed by atoms with van der Waals surface area (Å²) in [5, 5.41) is 3.33. The van der Waals surface area contributed by atoms with Crippen molar-refractivity contribution in [2.24, 2.45) is 5.92 Å². The van der Waals surface area contributed by atoms with Gasteiger partial charge in [0, 0.05) is 51.4 Å². The Morgan fingerprint density at radius 3 is 2.00 bits per heavy atom. The first kappa shape index (κ1) is 8.21. The van der Waals surface area contributed by atoms with Crippen LogP contribution >= 0.6 is 0 Å². The molecule has 3 heterocycles. The zero-order chi connectivity index (χ0) is 8.84. The molecule has 13 heavy (non-hydrogen) atoms. The minimum absolute atomic E-state index is 0.870. The van der Waals surface area contributed by atoms with Gasteiger partial charge in [0.25, 0.3) is 0 Å². The Morgan fingerprint density at radius 1 is 0.923 bits per heavy atom. The summed E-state index contributed by atoms with van der Waals surface area (Å²) in [6.07, 6.45) is 0. The van der Waals surface area contributed by atoms with Crippen molar-refractivity contribution >= 4 is 0 Å². The molecule has 0 spiro atoms. The average Bonchev–Trinajstić information content (AvgIpc) is 1.86. The van der Waals surface area contributed by atoms with Gasteiger partial charge in [-0.05, 0) is 5.92 Å². The summed E-state index contributed by atoms with van der Waals surface area (Å²) in [4.78, 5) is 5.28. The summed E-state index contributed by atoms with van der Waals surface area (Å²) in [5.41, 5.74) is 0. The second-order valence-electron chi connectivity index (χ2n) is 4.98. The summed E-state index contributed by atoms with van der Waals surface area (Å²) < 4.78 is 0. The van der Waals surface area contributed by atoms with Gasteiger partial charge in [0.15, 0.2) is 0 Å². The molecule has 3 aliphatic rings. The van der Waals surface area contributed by atoms with Crippen molar-refractivity contribution in [2.75, 3.05) is 39.3 Å². The summed E-state index contributed by atoms with van der Waals surface area (Å²) in [6, 6.07) is 1.77. The van der Waals surface area contributed by atoms with E-state index < -0.39 is 0 Å². The molecule has 3 aliphatic heterocycles. The normalized spacial score (nSPS) is 33.9. The lowest BCUT2D eigenvalue weighted by Crippen LogP contribution is -2.71. The van der Waals surface area contributed by atoms with Crippen molar-refractivity contribution < 1.29 is 0 Å². The maximum atomic E-state index is 3.33. The zero-order valence-electron chi connectivity index (χ0n) is 8.37. The minimum atomic E-state index is 0.870. The van der Waals surface area contributed by atoms with E-state index in [1.165, 1.54) is 39.3 Å². The van der Waals surface area contributed by atoms with Crippen LogP contribution in [-0.2, 0) is 0 Å². The minimum Gasteiger partial charge on any atom is -0.314 e. The molecule has 0 unspecified atom stereocenters. The van der Waals surface area contributed by atoms with Crippen LogP contribution in [0.15, 0.2) is 0 Å². The van der Waals surface area contributed by atoms with E-state index in [2.05, 4.69) is 22.0 Å². The van der Waals surface area contributed by atoms with Gasteiger partial charge < -0.3 is 5.32 Å². The van der Waals surface area contributed by atoms with Crippen LogP contribution in [0.25, 0.3) is 0 Å². The van der Waals surface area contributed by atoms with Crippen molar-refractivity contribution in [2.45, 2.75) is 19.0 Å². The third-order valence-electron chi connectivity index (χ3n) is 3.78. The Labute approximate surface area is 80.1 Å². The van der Waals surface area contributed by atoms with E-state index in [1.807, 2.05) is 0 Å². The standard InChI is InChI=1S/C10H19N3/c1-8-4-12(5-8)10-6-13(7-10)9-2-11-3-9/h8-11H,2-7H2,1H3. The molecule has 3 rings (SSSR count). The number of likely N-dealkylation sites (tertiary alicyclic amines) is 2. The first-order chi connectivity index (χ1) is 6.33. The molecule has 1 N–H and O–H groups in total. The lowest BCUT2D eigenvalue weighted by molar-refractivity contribution is -0.0520. The van der Waals surface area contributed by atoms with Crippen molar-refractivity contribution in [1.82, 2.24) is 15.1 Å². The van der Waals surface area contributed by atoms with Gasteiger partial charge in [-0.25, -0.2) is 0 Å². The Hall–Kier alpha value is -0.120. The summed E-state index contributed by atoms with van der Waals surface area (Å²) >= 11 is 0. The number of hydrogen-bond donors (Lipinski definition) is 1. The average molecular weight is 181 g/mol. The largest absolute Gasteiger partial charge is 0.314 e. The van der Waals surface area contributed by atoms with Crippen LogP contribution in [0.5, 0.6) is 0 Å². The number of rotatable bonds is 2. The number of nitrogens with one attached hydrogen (secondary N) is 1. The molecule has 0 amide bonds. The predicted molar refractivity (Wildman–Crippen MR) is 52.8 cm³/mol. The van der Waals surface area contributed by atoms with Crippen LogP contribution in [0.3, 0.4) is 0 Å². The van der Waals surface area contributed by atoms with Crippen molar-refractivity contribution in [3.63, 3.8) is 0 Å². The van der Waals surface area contributed by atoms with E-state index in [-0.39, 0.29) is 0 Å². The highest BCUT2D eigenvalue weighted by Gasteiger charge is 2.40. The maximum absolute atomic E-state index is 3.33. The molecule has 0 aromatic rings. The molecule has 0 bridgehead atoms. The van der Waals surface area contributed by atoms with Gasteiger partial charge in [0.2, 0.25) is 0 Å². The number of hydrogen-bond acceptors (Lipinski definition) is 3. The monoisotopic (exact) mass is 181 g/mol. The molecule has 0 atom stereocenters. The van der Waals surface area contributed by atoms with Crippen LogP contribution in [0.2, 0.25) is 0 Å². The fraction of sp³-hybridized carbons (Fsp3) is 1.00. The van der Waals surface area contributed by atoms with E-state index in [0.717, 1.165) is 18.0 Å². The Morgan fingerprint density at radius 2 is 1.54 bits per heavy atom. The topological polar surface area (TPSA) is 18.5 Å². The van der Waals surface area contributed by atoms with Crippen molar-refractivity contribution in [3.05, 3.63) is 0 Å². The third-order valence-corrected chi connectivity index (χ3v) is 3.78. The van der Waals surface area contributed by atoms with Crippen LogP contribution in [0.4, 0.5) is 0 Å². The van der Waals surface area contributed by atoms with Crippen molar-refractivity contribution in [3.8, 4) is 0 Å². The highest BCUT2D eigenvalue weighted by atomic mass is 15.4. The molecule has 0 aromatic heterocycles. The molecule has 74 valence electrons. The molecular formula is C10H19N3. The molecule has 3 heteroatoms. The summed E-state index contributed by atoms with van der Waals surface area (Å²) in [7, 11) is 0. The third kappa shape index (κ3) is 1.30. The smallest absolute Gasteiger partial charge is 0.0350 e. The van der Waals surface area contributed by atoms with Crippen LogP contribution in [0, 0.1) is 5.92 Å². The summed E-state index contributed by atoms with van der Waals surface area (Å²) in [5.74, 6) is 0.958. The van der Waals surface area contributed by atoms with Crippen molar-refractivity contribution in [1.29, 1.82) is 0 Å². The zero-order valence-corrected chi connectivity index (χ0v) is 8.37. The van der Waals surface area contributed by atoms with Gasteiger partial charge in [-0.2, -0.15) is 0 Å². The molecule has 0 aromatic carbocycles. The Bertz CT molecular complexity index is 190. The fourth-order valence-electron chi connectivity index (χ4n) is 2.59. The lowest BCUT2D eigenvalue weighted by Gasteiger charge is -2.55. The molecule has 3 fully saturated rings. The molecule has 0 radical (unpaired) electrons. The second kappa shape index (κ2) is 2.94.